The van der Waals surface area contributed by atoms with E-state index in [9.17, 15) is 0 Å². The van der Waals surface area contributed by atoms with Gasteiger partial charge >= 0.3 is 0 Å². The van der Waals surface area contributed by atoms with Crippen LogP contribution in [0.25, 0.3) is 11.3 Å². The molecule has 0 saturated carbocycles. The van der Waals surface area contributed by atoms with E-state index in [1.165, 1.54) is 18.1 Å². The minimum absolute atomic E-state index is 0.391. The van der Waals surface area contributed by atoms with Gasteiger partial charge in [-0.1, -0.05) is 65.3 Å². The second-order valence-corrected chi connectivity index (χ2v) is 8.77. The van der Waals surface area contributed by atoms with E-state index in [0.29, 0.717) is 33.7 Å². The predicted octanol–water partition coefficient (Wildman–Crippen LogP) is 7.20. The van der Waals surface area contributed by atoms with Gasteiger partial charge in [0.25, 0.3) is 0 Å². The maximum Gasteiger partial charge on any atom is 0.139 e. The molecule has 0 spiro atoms. The van der Waals surface area contributed by atoms with Crippen LogP contribution in [0.1, 0.15) is 5.56 Å². The van der Waals surface area contributed by atoms with Crippen LogP contribution in [-0.2, 0) is 6.61 Å². The van der Waals surface area contributed by atoms with Gasteiger partial charge < -0.3 is 14.2 Å². The number of nitrogens with zero attached hydrogens (tertiary/aromatic N) is 2. The highest BCUT2D eigenvalue weighted by molar-refractivity contribution is 7.99. The second-order valence-electron chi connectivity index (χ2n) is 6.90. The Balaban J connectivity index is 1.61. The molecule has 1 heterocycles. The fourth-order valence-electron chi connectivity index (χ4n) is 3.09. The van der Waals surface area contributed by atoms with E-state index in [2.05, 4.69) is 9.97 Å². The Hall–Kier alpha value is -2.93. The van der Waals surface area contributed by atoms with Crippen molar-refractivity contribution in [2.24, 2.45) is 0 Å². The molecule has 0 aliphatic rings. The molecule has 0 radical (unpaired) electrons. The zero-order valence-electron chi connectivity index (χ0n) is 17.9. The monoisotopic (exact) mass is 498 g/mol. The third-order valence-corrected chi connectivity index (χ3v) is 6.34. The Bertz CT molecular complexity index is 1260. The normalized spacial score (nSPS) is 10.7. The van der Waals surface area contributed by atoms with Gasteiger partial charge in [0, 0.05) is 5.56 Å². The minimum Gasteiger partial charge on any atom is -0.497 e. The number of hydrogen-bond acceptors (Lipinski definition) is 6. The molecule has 3 aromatic carbocycles. The van der Waals surface area contributed by atoms with Crippen molar-refractivity contribution < 1.29 is 14.2 Å². The number of hydrogen-bond donors (Lipinski definition) is 0. The highest BCUT2D eigenvalue weighted by Crippen LogP contribution is 2.40. The van der Waals surface area contributed by atoms with E-state index in [4.69, 9.17) is 37.4 Å². The number of halogens is 2. The van der Waals surface area contributed by atoms with Gasteiger partial charge in [0.15, 0.2) is 0 Å². The molecule has 0 amide bonds. The molecule has 0 aliphatic heterocycles. The van der Waals surface area contributed by atoms with E-state index in [1.54, 1.807) is 26.4 Å². The Morgan fingerprint density at radius 2 is 1.64 bits per heavy atom. The van der Waals surface area contributed by atoms with Gasteiger partial charge in [-0.2, -0.15) is 0 Å². The molecule has 0 aliphatic carbocycles. The topological polar surface area (TPSA) is 53.5 Å². The fraction of sp³-hybridized carbons (Fsp3) is 0.120. The van der Waals surface area contributed by atoms with Gasteiger partial charge in [-0.05, 0) is 42.0 Å². The molecular formula is C25H20Cl2N2O3S. The van der Waals surface area contributed by atoms with Crippen LogP contribution in [0.5, 0.6) is 17.2 Å². The first-order chi connectivity index (χ1) is 16.1. The lowest BCUT2D eigenvalue weighted by molar-refractivity contribution is 0.306. The predicted molar refractivity (Wildman–Crippen MR) is 132 cm³/mol. The van der Waals surface area contributed by atoms with Gasteiger partial charge in [-0.15, -0.1) is 0 Å². The quantitative estimate of drug-likeness (QED) is 0.239. The summed E-state index contributed by atoms with van der Waals surface area (Å²) in [6, 6.07) is 20.8. The smallest absolute Gasteiger partial charge is 0.139 e. The summed E-state index contributed by atoms with van der Waals surface area (Å²) in [5.74, 6) is 1.98. The number of rotatable bonds is 8. The zero-order chi connectivity index (χ0) is 23.2. The van der Waals surface area contributed by atoms with E-state index in [1.807, 2.05) is 54.6 Å². The van der Waals surface area contributed by atoms with Gasteiger partial charge in [0.05, 0.1) is 34.9 Å². The Labute approximate surface area is 206 Å². The van der Waals surface area contributed by atoms with Crippen molar-refractivity contribution in [2.75, 3.05) is 14.2 Å². The highest BCUT2D eigenvalue weighted by Gasteiger charge is 2.14. The third-order valence-electron chi connectivity index (χ3n) is 4.76. The summed E-state index contributed by atoms with van der Waals surface area (Å²) in [6.07, 6.45) is 1.50. The van der Waals surface area contributed by atoms with Gasteiger partial charge in [0.1, 0.15) is 35.2 Å². The van der Waals surface area contributed by atoms with Crippen LogP contribution >= 0.6 is 35.0 Å². The van der Waals surface area contributed by atoms with E-state index in [-0.39, 0.29) is 0 Å². The summed E-state index contributed by atoms with van der Waals surface area (Å²) in [6.45, 7) is 0.391. The number of aromatic nitrogens is 2. The van der Waals surface area contributed by atoms with Crippen LogP contribution in [0.3, 0.4) is 0 Å². The first-order valence-electron chi connectivity index (χ1n) is 9.95. The Kier molecular flexibility index (Phi) is 7.60. The molecule has 0 N–H and O–H groups in total. The molecule has 0 bridgehead atoms. The first-order valence-corrected chi connectivity index (χ1v) is 11.5. The third kappa shape index (κ3) is 5.71. The van der Waals surface area contributed by atoms with Crippen LogP contribution in [-0.4, -0.2) is 24.2 Å². The molecule has 0 saturated heterocycles. The zero-order valence-corrected chi connectivity index (χ0v) is 20.2. The lowest BCUT2D eigenvalue weighted by Gasteiger charge is -2.13. The molecule has 4 aromatic rings. The maximum absolute atomic E-state index is 6.51. The standard InChI is InChI=1S/C25H20Cl2N2O3S/c1-30-17-8-9-22(31-2)24(10-17)33-25-13-21(28-15-29-25)18-11-23(20(27)12-19(18)26)32-14-16-6-4-3-5-7-16/h3-13,15H,14H2,1-2H3. The molecule has 1 aromatic heterocycles. The first kappa shape index (κ1) is 23.2. The SMILES string of the molecule is COc1ccc(OC)c(Sc2cc(-c3cc(OCc4ccccc4)c(Cl)cc3Cl)ncn2)c1. The van der Waals surface area contributed by atoms with Crippen molar-refractivity contribution in [3.05, 3.63) is 88.7 Å². The molecule has 8 heteroatoms. The Morgan fingerprint density at radius 1 is 0.818 bits per heavy atom. The van der Waals surface area contributed by atoms with E-state index >= 15 is 0 Å². The second kappa shape index (κ2) is 10.8. The molecule has 0 fully saturated rings. The van der Waals surface area contributed by atoms with Crippen LogP contribution in [0.15, 0.2) is 83.0 Å². The minimum atomic E-state index is 0.391. The molecular weight excluding hydrogens is 479 g/mol. The van der Waals surface area contributed by atoms with Crippen LogP contribution in [0.2, 0.25) is 10.0 Å². The number of benzene rings is 3. The van der Waals surface area contributed by atoms with Crippen molar-refractivity contribution in [3.8, 4) is 28.5 Å². The lowest BCUT2D eigenvalue weighted by atomic mass is 10.1. The van der Waals surface area contributed by atoms with Crippen molar-refractivity contribution in [1.29, 1.82) is 0 Å². The van der Waals surface area contributed by atoms with E-state index in [0.717, 1.165) is 27.0 Å². The van der Waals surface area contributed by atoms with Gasteiger partial charge in [-0.25, -0.2) is 9.97 Å². The molecule has 0 unspecified atom stereocenters. The van der Waals surface area contributed by atoms with Gasteiger partial charge in [-0.3, -0.25) is 0 Å². The summed E-state index contributed by atoms with van der Waals surface area (Å²) in [5, 5.41) is 1.63. The molecule has 4 rings (SSSR count). The van der Waals surface area contributed by atoms with Gasteiger partial charge in [0.2, 0.25) is 0 Å². The van der Waals surface area contributed by atoms with Crippen molar-refractivity contribution in [2.45, 2.75) is 16.5 Å². The van der Waals surface area contributed by atoms with Crippen molar-refractivity contribution >= 4 is 35.0 Å². The fourth-order valence-corrected chi connectivity index (χ4v) is 4.55. The summed E-state index contributed by atoms with van der Waals surface area (Å²) in [4.78, 5) is 9.68. The van der Waals surface area contributed by atoms with Crippen molar-refractivity contribution in [3.63, 3.8) is 0 Å². The summed E-state index contributed by atoms with van der Waals surface area (Å²) in [5.41, 5.74) is 2.39. The molecule has 168 valence electrons. The largest absolute Gasteiger partial charge is 0.497 e. The van der Waals surface area contributed by atoms with Crippen molar-refractivity contribution in [1.82, 2.24) is 9.97 Å². The summed E-state index contributed by atoms with van der Waals surface area (Å²) >= 11 is 14.3. The summed E-state index contributed by atoms with van der Waals surface area (Å²) < 4.78 is 16.8. The number of methoxy groups -OCH3 is 2. The Morgan fingerprint density at radius 3 is 2.39 bits per heavy atom. The average Bonchev–Trinajstić information content (AvgIpc) is 2.84. The number of ether oxygens (including phenoxy) is 3. The van der Waals surface area contributed by atoms with Crippen LogP contribution in [0, 0.1) is 0 Å². The summed E-state index contributed by atoms with van der Waals surface area (Å²) in [7, 11) is 3.25. The van der Waals surface area contributed by atoms with Crippen LogP contribution in [0.4, 0.5) is 0 Å². The lowest BCUT2D eigenvalue weighted by Crippen LogP contribution is -1.97. The van der Waals surface area contributed by atoms with E-state index < -0.39 is 0 Å². The van der Waals surface area contributed by atoms with Crippen LogP contribution < -0.4 is 14.2 Å². The molecule has 0 atom stereocenters. The molecule has 33 heavy (non-hydrogen) atoms. The highest BCUT2D eigenvalue weighted by atomic mass is 35.5. The maximum atomic E-state index is 6.51. The average molecular weight is 499 g/mol. The molecule has 5 nitrogen and oxygen atoms in total.